The molecule has 0 atom stereocenters. The highest BCUT2D eigenvalue weighted by molar-refractivity contribution is 9.26. The zero-order valence-corrected chi connectivity index (χ0v) is 7.55. The second-order valence-corrected chi connectivity index (χ2v) is 5.05. The van der Waals surface area contributed by atoms with Crippen LogP contribution >= 0.6 is 47.8 Å². The second kappa shape index (κ2) is 2.64. The van der Waals surface area contributed by atoms with Gasteiger partial charge in [-0.3, -0.25) is 0 Å². The molecule has 0 heterocycles. The third kappa shape index (κ3) is 5.40. The van der Waals surface area contributed by atoms with Crippen LogP contribution in [-0.2, 0) is 0 Å². The zero-order chi connectivity index (χ0) is 5.21. The van der Waals surface area contributed by atoms with Gasteiger partial charge in [-0.2, -0.15) is 0 Å². The van der Waals surface area contributed by atoms with E-state index in [0.717, 1.165) is 0 Å². The zero-order valence-electron chi connectivity index (χ0n) is 2.79. The largest absolute Gasteiger partial charge is 0.369 e. The molecule has 0 aliphatic rings. The van der Waals surface area contributed by atoms with Gasteiger partial charge in [-0.25, -0.2) is 0 Å². The van der Waals surface area contributed by atoms with Crippen molar-refractivity contribution in [3.8, 4) is 0 Å². The molecule has 1 nitrogen and oxygen atoms in total. The molecule has 0 unspecified atom stereocenters. The van der Waals surface area contributed by atoms with E-state index in [9.17, 15) is 0 Å². The Hall–Kier alpha value is 1.40. The number of halogens is 3. The molecule has 4 heteroatoms. The summed E-state index contributed by atoms with van der Waals surface area (Å²) in [6.45, 7) is 0. The lowest BCUT2D eigenvalue weighted by atomic mass is 10.9. The van der Waals surface area contributed by atoms with E-state index in [1.54, 1.807) is 0 Å². The van der Waals surface area contributed by atoms with E-state index in [0.29, 0.717) is 5.33 Å². The molecule has 0 fully saturated rings. The van der Waals surface area contributed by atoms with Crippen molar-refractivity contribution < 1.29 is 5.11 Å². The van der Waals surface area contributed by atoms with Crippen LogP contribution in [0.2, 0.25) is 0 Å². The first kappa shape index (κ1) is 7.40. The Bertz CT molecular complexity index is 38.5. The molecule has 0 aliphatic carbocycles. The summed E-state index contributed by atoms with van der Waals surface area (Å²) in [6, 6.07) is 0. The summed E-state index contributed by atoms with van der Waals surface area (Å²) in [6.07, 6.45) is 0. The van der Waals surface area contributed by atoms with E-state index in [1.165, 1.54) is 0 Å². The predicted octanol–water partition coefficient (Wildman–Crippen LogP) is 1.82. The average molecular weight is 283 g/mol. The van der Waals surface area contributed by atoms with Crippen LogP contribution in [0.1, 0.15) is 0 Å². The summed E-state index contributed by atoms with van der Waals surface area (Å²) in [5.41, 5.74) is 0. The average Bonchev–Trinajstić information content (AvgIpc) is 1.35. The Kier molecular flexibility index (Phi) is 3.26. The summed E-state index contributed by atoms with van der Waals surface area (Å²) in [7, 11) is 0. The molecule has 0 bridgehead atoms. The molecule has 0 aromatic rings. The summed E-state index contributed by atoms with van der Waals surface area (Å²) in [4.78, 5) is 0. The number of alkyl halides is 3. The van der Waals surface area contributed by atoms with Crippen LogP contribution in [0.15, 0.2) is 0 Å². The summed E-state index contributed by atoms with van der Waals surface area (Å²) in [5, 5.41) is 9.09. The van der Waals surface area contributed by atoms with Gasteiger partial charge >= 0.3 is 0 Å². The fraction of sp³-hybridized carbons (Fsp3) is 1.00. The molecule has 0 radical (unpaired) electrons. The third-order valence-corrected chi connectivity index (χ3v) is 3.04. The third-order valence-electron chi connectivity index (χ3n) is 0.161. The van der Waals surface area contributed by atoms with Gasteiger partial charge in [0.1, 0.15) is 0 Å². The first-order valence-corrected chi connectivity index (χ1v) is 3.93. The Morgan fingerprint density at radius 3 is 1.67 bits per heavy atom. The van der Waals surface area contributed by atoms with Gasteiger partial charge in [0.25, 0.3) is 0 Å². The molecule has 0 aromatic carbocycles. The highest BCUT2D eigenvalue weighted by Crippen LogP contribution is 2.23. The lowest BCUT2D eigenvalue weighted by Crippen LogP contribution is -2.09. The maximum Gasteiger partial charge on any atom is 0.184 e. The SMILES string of the molecule is OC(Br)(Br)CBr. The highest BCUT2D eigenvalue weighted by atomic mass is 79.9. The molecule has 0 saturated carbocycles. The molecule has 6 heavy (non-hydrogen) atoms. The van der Waals surface area contributed by atoms with E-state index in [-0.39, 0.29) is 0 Å². The van der Waals surface area contributed by atoms with Crippen molar-refractivity contribution in [1.29, 1.82) is 0 Å². The fourth-order valence-electron chi connectivity index (χ4n) is 0. The maximum atomic E-state index is 8.61. The fourth-order valence-corrected chi connectivity index (χ4v) is 0. The van der Waals surface area contributed by atoms with Crippen molar-refractivity contribution in [2.24, 2.45) is 0 Å². The van der Waals surface area contributed by atoms with Crippen LogP contribution in [0.4, 0.5) is 0 Å². The number of aliphatic hydroxyl groups is 1. The van der Waals surface area contributed by atoms with Crippen molar-refractivity contribution in [2.75, 3.05) is 5.33 Å². The van der Waals surface area contributed by atoms with Crippen LogP contribution < -0.4 is 0 Å². The first-order valence-electron chi connectivity index (χ1n) is 1.22. The number of hydrogen-bond donors (Lipinski definition) is 1. The van der Waals surface area contributed by atoms with E-state index in [1.807, 2.05) is 0 Å². The molecule has 0 aromatic heterocycles. The van der Waals surface area contributed by atoms with Gasteiger partial charge in [-0.1, -0.05) is 15.9 Å². The normalized spacial score (nSPS) is 12.0. The topological polar surface area (TPSA) is 20.2 Å². The number of hydrogen-bond acceptors (Lipinski definition) is 1. The van der Waals surface area contributed by atoms with Crippen molar-refractivity contribution in [3.63, 3.8) is 0 Å². The van der Waals surface area contributed by atoms with Gasteiger partial charge in [0.2, 0.25) is 0 Å². The van der Waals surface area contributed by atoms with E-state index >= 15 is 0 Å². The molecule has 0 saturated heterocycles. The van der Waals surface area contributed by atoms with E-state index in [2.05, 4.69) is 47.8 Å². The van der Waals surface area contributed by atoms with Crippen molar-refractivity contribution >= 4 is 47.8 Å². The maximum absolute atomic E-state index is 8.61. The van der Waals surface area contributed by atoms with Crippen LogP contribution in [0.3, 0.4) is 0 Å². The van der Waals surface area contributed by atoms with E-state index < -0.39 is 3.42 Å². The molecule has 0 amide bonds. The van der Waals surface area contributed by atoms with Gasteiger partial charge in [0.15, 0.2) is 3.42 Å². The van der Waals surface area contributed by atoms with Crippen molar-refractivity contribution in [3.05, 3.63) is 0 Å². The smallest absolute Gasteiger partial charge is 0.184 e. The Morgan fingerprint density at radius 1 is 1.50 bits per heavy atom. The Balaban J connectivity index is 3.17. The Morgan fingerprint density at radius 2 is 1.67 bits per heavy atom. The predicted molar refractivity (Wildman–Crippen MR) is 36.6 cm³/mol. The monoisotopic (exact) mass is 280 g/mol. The van der Waals surface area contributed by atoms with Crippen molar-refractivity contribution in [1.82, 2.24) is 0 Å². The molecule has 1 N–H and O–H groups in total. The number of rotatable bonds is 1. The van der Waals surface area contributed by atoms with Crippen LogP contribution in [-0.4, -0.2) is 13.9 Å². The molecule has 0 rings (SSSR count). The Labute approximate surface area is 61.5 Å². The molecule has 0 aliphatic heterocycles. The van der Waals surface area contributed by atoms with E-state index in [4.69, 9.17) is 5.11 Å². The van der Waals surface area contributed by atoms with Gasteiger partial charge in [-0.15, -0.1) is 0 Å². The summed E-state index contributed by atoms with van der Waals surface area (Å²) < 4.78 is -0.917. The second-order valence-electron chi connectivity index (χ2n) is 0.799. The first-order chi connectivity index (χ1) is 2.56. The lowest BCUT2D eigenvalue weighted by Gasteiger charge is -2.04. The highest BCUT2D eigenvalue weighted by Gasteiger charge is 2.13. The van der Waals surface area contributed by atoms with Crippen LogP contribution in [0, 0.1) is 0 Å². The molecule has 38 valence electrons. The molecular formula is C2H3Br3O. The molecular weight excluding hydrogens is 280 g/mol. The van der Waals surface area contributed by atoms with Gasteiger partial charge in [-0.05, 0) is 31.9 Å². The quantitative estimate of drug-likeness (QED) is 0.728. The van der Waals surface area contributed by atoms with Crippen LogP contribution in [0.5, 0.6) is 0 Å². The minimum absolute atomic E-state index is 0.472. The van der Waals surface area contributed by atoms with Crippen molar-refractivity contribution in [2.45, 2.75) is 3.42 Å². The minimum Gasteiger partial charge on any atom is -0.369 e. The summed E-state index contributed by atoms with van der Waals surface area (Å²) in [5.74, 6) is 0. The minimum atomic E-state index is -0.917. The van der Waals surface area contributed by atoms with Crippen LogP contribution in [0.25, 0.3) is 0 Å². The lowest BCUT2D eigenvalue weighted by molar-refractivity contribution is 0.271. The van der Waals surface area contributed by atoms with Gasteiger partial charge < -0.3 is 5.11 Å². The summed E-state index contributed by atoms with van der Waals surface area (Å²) >= 11 is 8.83. The van der Waals surface area contributed by atoms with Gasteiger partial charge in [0.05, 0.1) is 5.33 Å². The molecule has 0 spiro atoms. The van der Waals surface area contributed by atoms with Gasteiger partial charge in [0, 0.05) is 0 Å². The standard InChI is InChI=1S/C2H3Br3O/c3-1-2(4,5)6/h6H,1H2.